The van der Waals surface area contributed by atoms with Crippen molar-refractivity contribution in [3.8, 4) is 0 Å². The maximum atomic E-state index is 10.7. The van der Waals surface area contributed by atoms with E-state index in [0.717, 1.165) is 0 Å². The Labute approximate surface area is 83.3 Å². The molecule has 0 unspecified atom stereocenters. The smallest absolute Gasteiger partial charge is 0.306 e. The molecule has 0 aromatic carbocycles. The highest BCUT2D eigenvalue weighted by molar-refractivity contribution is 5.71. The van der Waals surface area contributed by atoms with E-state index in [9.17, 15) is 4.79 Å². The Morgan fingerprint density at radius 3 is 2.93 bits per heavy atom. The second kappa shape index (κ2) is 6.75. The summed E-state index contributed by atoms with van der Waals surface area (Å²) >= 11 is 0. The van der Waals surface area contributed by atoms with Crippen LogP contribution in [0.2, 0.25) is 0 Å². The Morgan fingerprint density at radius 1 is 1.43 bits per heavy atom. The van der Waals surface area contributed by atoms with E-state index in [-0.39, 0.29) is 18.7 Å². The molecule has 0 radical (unpaired) electrons. The lowest BCUT2D eigenvalue weighted by atomic mass is 10.1. The fraction of sp³-hybridized carbons (Fsp3) is 0.889. The highest BCUT2D eigenvalue weighted by Gasteiger charge is 2.23. The first-order valence-electron chi connectivity index (χ1n) is 4.63. The van der Waals surface area contributed by atoms with Crippen molar-refractivity contribution < 1.29 is 23.7 Å². The summed E-state index contributed by atoms with van der Waals surface area (Å²) in [6, 6.07) is 0. The van der Waals surface area contributed by atoms with E-state index < -0.39 is 0 Å². The normalized spacial score (nSPS) is 21.2. The summed E-state index contributed by atoms with van der Waals surface area (Å²) in [5.74, 6) is 0.0485. The Morgan fingerprint density at radius 2 is 2.29 bits per heavy atom. The van der Waals surface area contributed by atoms with Crippen LogP contribution in [0.3, 0.4) is 0 Å². The number of hydrogen-bond donors (Lipinski definition) is 0. The Balaban J connectivity index is 1.86. The molecule has 0 bridgehead atoms. The molecule has 0 spiro atoms. The number of cyclic esters (lactones) is 1. The largest absolute Gasteiger partial charge is 0.465 e. The summed E-state index contributed by atoms with van der Waals surface area (Å²) in [7, 11) is 1.62. The van der Waals surface area contributed by atoms with Crippen molar-refractivity contribution in [3.05, 3.63) is 0 Å². The van der Waals surface area contributed by atoms with Gasteiger partial charge < -0.3 is 18.9 Å². The number of esters is 1. The van der Waals surface area contributed by atoms with Gasteiger partial charge in [0.1, 0.15) is 6.79 Å². The van der Waals surface area contributed by atoms with E-state index in [0.29, 0.717) is 32.8 Å². The Kier molecular flexibility index (Phi) is 5.51. The first-order chi connectivity index (χ1) is 6.83. The third-order valence-corrected chi connectivity index (χ3v) is 1.89. The van der Waals surface area contributed by atoms with E-state index in [1.807, 2.05) is 0 Å². The van der Waals surface area contributed by atoms with E-state index in [1.54, 1.807) is 7.11 Å². The van der Waals surface area contributed by atoms with Gasteiger partial charge in [0.2, 0.25) is 0 Å². The van der Waals surface area contributed by atoms with Crippen LogP contribution < -0.4 is 0 Å². The zero-order chi connectivity index (χ0) is 10.2. The standard InChI is InChI=1S/C9H16O5/c1-11-2-3-12-7-13-5-8-4-9(10)14-6-8/h8H,2-7H2,1H3/t8-/m0/s1. The van der Waals surface area contributed by atoms with Gasteiger partial charge in [-0.2, -0.15) is 0 Å². The number of ether oxygens (including phenoxy) is 4. The highest BCUT2D eigenvalue weighted by Crippen LogP contribution is 2.13. The summed E-state index contributed by atoms with van der Waals surface area (Å²) in [6.45, 7) is 2.31. The van der Waals surface area contributed by atoms with Crippen molar-refractivity contribution in [3.63, 3.8) is 0 Å². The van der Waals surface area contributed by atoms with Gasteiger partial charge in [-0.15, -0.1) is 0 Å². The minimum absolute atomic E-state index is 0.140. The molecule has 0 N–H and O–H groups in total. The maximum Gasteiger partial charge on any atom is 0.306 e. The zero-order valence-electron chi connectivity index (χ0n) is 8.36. The third-order valence-electron chi connectivity index (χ3n) is 1.89. The van der Waals surface area contributed by atoms with Crippen molar-refractivity contribution in [2.24, 2.45) is 5.92 Å². The molecule has 0 aliphatic carbocycles. The molecule has 5 nitrogen and oxygen atoms in total. The first-order valence-corrected chi connectivity index (χ1v) is 4.63. The van der Waals surface area contributed by atoms with Gasteiger partial charge in [0, 0.05) is 13.0 Å². The van der Waals surface area contributed by atoms with Crippen LogP contribution in [0.25, 0.3) is 0 Å². The van der Waals surface area contributed by atoms with E-state index >= 15 is 0 Å². The lowest BCUT2D eigenvalue weighted by Crippen LogP contribution is -2.12. The van der Waals surface area contributed by atoms with Gasteiger partial charge in [0.25, 0.3) is 0 Å². The van der Waals surface area contributed by atoms with Gasteiger partial charge >= 0.3 is 5.97 Å². The quantitative estimate of drug-likeness (QED) is 0.336. The molecule has 0 saturated carbocycles. The molecular weight excluding hydrogens is 188 g/mol. The van der Waals surface area contributed by atoms with Crippen LogP contribution in [0.1, 0.15) is 6.42 Å². The van der Waals surface area contributed by atoms with Gasteiger partial charge in [-0.3, -0.25) is 4.79 Å². The van der Waals surface area contributed by atoms with Gasteiger partial charge in [-0.05, 0) is 0 Å². The minimum atomic E-state index is -0.140. The number of hydrogen-bond acceptors (Lipinski definition) is 5. The molecule has 1 saturated heterocycles. The van der Waals surface area contributed by atoms with E-state index in [1.165, 1.54) is 0 Å². The van der Waals surface area contributed by atoms with Crippen LogP contribution in [-0.4, -0.2) is 46.3 Å². The van der Waals surface area contributed by atoms with E-state index in [2.05, 4.69) is 0 Å². The molecule has 82 valence electrons. The zero-order valence-corrected chi connectivity index (χ0v) is 8.36. The predicted molar refractivity (Wildman–Crippen MR) is 47.7 cm³/mol. The van der Waals surface area contributed by atoms with Crippen LogP contribution >= 0.6 is 0 Å². The average Bonchev–Trinajstić information content (AvgIpc) is 2.58. The molecule has 0 aromatic rings. The molecule has 1 fully saturated rings. The van der Waals surface area contributed by atoms with Crippen molar-refractivity contribution in [1.82, 2.24) is 0 Å². The van der Waals surface area contributed by atoms with Gasteiger partial charge in [0.15, 0.2) is 0 Å². The second-order valence-corrected chi connectivity index (χ2v) is 3.14. The maximum absolute atomic E-state index is 10.7. The van der Waals surface area contributed by atoms with Crippen molar-refractivity contribution >= 4 is 5.97 Å². The highest BCUT2D eigenvalue weighted by atomic mass is 16.7. The number of methoxy groups -OCH3 is 1. The van der Waals surface area contributed by atoms with Crippen LogP contribution in [-0.2, 0) is 23.7 Å². The summed E-state index contributed by atoms with van der Waals surface area (Å²) in [4.78, 5) is 10.7. The molecule has 1 atom stereocenters. The Hall–Kier alpha value is -0.650. The lowest BCUT2D eigenvalue weighted by molar-refractivity contribution is -0.137. The number of carbonyl (C=O) groups is 1. The topological polar surface area (TPSA) is 54.0 Å². The Bertz CT molecular complexity index is 171. The van der Waals surface area contributed by atoms with Crippen LogP contribution in [0, 0.1) is 5.92 Å². The molecule has 1 rings (SSSR count). The SMILES string of the molecule is COCCOCOC[C@H]1COC(=O)C1. The predicted octanol–water partition coefficient (Wildman–Crippen LogP) is 0.187. The van der Waals surface area contributed by atoms with Crippen molar-refractivity contribution in [1.29, 1.82) is 0 Å². The van der Waals surface area contributed by atoms with Gasteiger partial charge in [0.05, 0.1) is 32.8 Å². The van der Waals surface area contributed by atoms with Crippen molar-refractivity contribution in [2.45, 2.75) is 6.42 Å². The fourth-order valence-corrected chi connectivity index (χ4v) is 1.15. The number of carbonyl (C=O) groups excluding carboxylic acids is 1. The minimum Gasteiger partial charge on any atom is -0.465 e. The summed E-state index contributed by atoms with van der Waals surface area (Å²) in [5, 5.41) is 0. The first kappa shape index (κ1) is 11.4. The molecule has 0 amide bonds. The molecule has 14 heavy (non-hydrogen) atoms. The number of rotatable bonds is 7. The molecular formula is C9H16O5. The van der Waals surface area contributed by atoms with Gasteiger partial charge in [-0.25, -0.2) is 0 Å². The fourth-order valence-electron chi connectivity index (χ4n) is 1.15. The average molecular weight is 204 g/mol. The molecule has 1 heterocycles. The molecule has 1 aliphatic rings. The van der Waals surface area contributed by atoms with E-state index in [4.69, 9.17) is 18.9 Å². The second-order valence-electron chi connectivity index (χ2n) is 3.14. The van der Waals surface area contributed by atoms with Gasteiger partial charge in [-0.1, -0.05) is 0 Å². The molecule has 1 aliphatic heterocycles. The van der Waals surface area contributed by atoms with Crippen LogP contribution in [0.15, 0.2) is 0 Å². The molecule has 5 heteroatoms. The third kappa shape index (κ3) is 4.55. The summed E-state index contributed by atoms with van der Waals surface area (Å²) < 4.78 is 19.9. The van der Waals surface area contributed by atoms with Crippen molar-refractivity contribution in [2.75, 3.05) is 40.3 Å². The van der Waals surface area contributed by atoms with Crippen LogP contribution in [0.5, 0.6) is 0 Å². The summed E-state index contributed by atoms with van der Waals surface area (Å²) in [6.07, 6.45) is 0.456. The molecule has 0 aromatic heterocycles. The lowest BCUT2D eigenvalue weighted by Gasteiger charge is -2.07. The monoisotopic (exact) mass is 204 g/mol. The van der Waals surface area contributed by atoms with Crippen LogP contribution in [0.4, 0.5) is 0 Å². The summed E-state index contributed by atoms with van der Waals surface area (Å²) in [5.41, 5.74) is 0.